The molecule has 0 aliphatic carbocycles. The number of aromatic nitrogens is 3. The van der Waals surface area contributed by atoms with Crippen LogP contribution in [0.5, 0.6) is 0 Å². The topological polar surface area (TPSA) is 72.3 Å². The number of ether oxygens (including phenoxy) is 1. The number of halogens is 1. The van der Waals surface area contributed by atoms with Crippen LogP contribution >= 0.6 is 23.4 Å². The molecule has 9 heteroatoms. The van der Waals surface area contributed by atoms with E-state index in [2.05, 4.69) is 15.4 Å². The van der Waals surface area contributed by atoms with E-state index in [1.165, 1.54) is 0 Å². The molecule has 26 heavy (non-hydrogen) atoms. The quantitative estimate of drug-likeness (QED) is 0.656. The normalized spacial score (nSPS) is 13.4. The number of carbonyl (C=O) groups excluding carboxylic acids is 1. The van der Waals surface area contributed by atoms with Gasteiger partial charge in [0.15, 0.2) is 10.7 Å². The molecule has 0 saturated heterocycles. The van der Waals surface area contributed by atoms with Gasteiger partial charge in [-0.2, -0.15) is 5.10 Å². The first-order chi connectivity index (χ1) is 12.5. The van der Waals surface area contributed by atoms with Crippen molar-refractivity contribution in [1.29, 1.82) is 0 Å². The molecule has 2 rings (SSSR count). The third kappa shape index (κ3) is 4.97. The number of hydrogen-bond donors (Lipinski definition) is 1. The van der Waals surface area contributed by atoms with Crippen molar-refractivity contribution in [2.24, 2.45) is 0 Å². The minimum atomic E-state index is -0.621. The molecule has 0 spiro atoms. The predicted octanol–water partition coefficient (Wildman–Crippen LogP) is 2.93. The van der Waals surface area contributed by atoms with Gasteiger partial charge in [0.2, 0.25) is 0 Å². The van der Waals surface area contributed by atoms with E-state index in [4.69, 9.17) is 16.3 Å². The van der Waals surface area contributed by atoms with Gasteiger partial charge in [-0.25, -0.2) is 4.68 Å². The zero-order valence-electron chi connectivity index (χ0n) is 15.3. The summed E-state index contributed by atoms with van der Waals surface area (Å²) < 4.78 is 7.42. The number of anilines is 1. The summed E-state index contributed by atoms with van der Waals surface area (Å²) in [7, 11) is 1.80. The first-order valence-electron chi connectivity index (χ1n) is 8.43. The molecule has 1 amide bonds. The first-order valence-corrected chi connectivity index (χ1v) is 9.85. The number of pyridine rings is 1. The van der Waals surface area contributed by atoms with Gasteiger partial charge in [-0.05, 0) is 38.8 Å². The highest BCUT2D eigenvalue weighted by atomic mass is 35.5. The summed E-state index contributed by atoms with van der Waals surface area (Å²) in [5, 5.41) is 7.59. The lowest BCUT2D eigenvalue weighted by atomic mass is 10.3. The smallest absolute Gasteiger partial charge is 0.256 e. The predicted molar refractivity (Wildman–Crippen MR) is 106 cm³/mol. The monoisotopic (exact) mass is 397 g/mol. The van der Waals surface area contributed by atoms with Crippen molar-refractivity contribution in [3.05, 3.63) is 35.9 Å². The molecule has 2 heterocycles. The van der Waals surface area contributed by atoms with Gasteiger partial charge in [-0.1, -0.05) is 18.5 Å². The lowest BCUT2D eigenvalue weighted by molar-refractivity contribution is -0.130. The molecule has 2 unspecified atom stereocenters. The van der Waals surface area contributed by atoms with Crippen molar-refractivity contribution in [2.75, 3.05) is 24.2 Å². The van der Waals surface area contributed by atoms with Crippen LogP contribution in [0.3, 0.4) is 0 Å². The standard InChI is InChI=1S/C17H24ClN5O2S/c1-5-22(16(24)12(3)25-17(19-4)26-6-2)14-11-23(21-15(14)18)13-8-7-9-20-10-13/h7-12,17,19H,5-6H2,1-4H3. The van der Waals surface area contributed by atoms with Gasteiger partial charge in [0.1, 0.15) is 11.8 Å². The van der Waals surface area contributed by atoms with Crippen LogP contribution in [-0.4, -0.2) is 51.7 Å². The van der Waals surface area contributed by atoms with Crippen LogP contribution in [-0.2, 0) is 9.53 Å². The van der Waals surface area contributed by atoms with Crippen LogP contribution in [0.15, 0.2) is 30.7 Å². The summed E-state index contributed by atoms with van der Waals surface area (Å²) in [5.74, 6) is 0.713. The summed E-state index contributed by atoms with van der Waals surface area (Å²) in [6.07, 6.45) is 4.47. The zero-order chi connectivity index (χ0) is 19.1. The molecule has 0 saturated carbocycles. The maximum atomic E-state index is 12.9. The second-order valence-corrected chi connectivity index (χ2v) is 7.09. The minimum absolute atomic E-state index is 0.169. The van der Waals surface area contributed by atoms with E-state index < -0.39 is 6.10 Å². The Balaban J connectivity index is 2.19. The Labute approximate surface area is 163 Å². The van der Waals surface area contributed by atoms with E-state index in [0.717, 1.165) is 11.4 Å². The Morgan fingerprint density at radius 3 is 2.85 bits per heavy atom. The Bertz CT molecular complexity index is 712. The number of amides is 1. The Kier molecular flexibility index (Phi) is 7.89. The van der Waals surface area contributed by atoms with Crippen molar-refractivity contribution in [2.45, 2.75) is 32.4 Å². The average molecular weight is 398 g/mol. The van der Waals surface area contributed by atoms with Crippen molar-refractivity contribution < 1.29 is 9.53 Å². The highest BCUT2D eigenvalue weighted by Crippen LogP contribution is 2.27. The third-order valence-electron chi connectivity index (χ3n) is 3.66. The maximum Gasteiger partial charge on any atom is 0.256 e. The molecular formula is C17H24ClN5O2S. The van der Waals surface area contributed by atoms with Gasteiger partial charge in [0.05, 0.1) is 18.1 Å². The number of thioether (sulfide) groups is 1. The van der Waals surface area contributed by atoms with Crippen LogP contribution in [0, 0.1) is 0 Å². The van der Waals surface area contributed by atoms with E-state index in [0.29, 0.717) is 12.2 Å². The molecule has 0 aromatic carbocycles. The van der Waals surface area contributed by atoms with E-state index in [-0.39, 0.29) is 16.6 Å². The number of rotatable bonds is 9. The van der Waals surface area contributed by atoms with E-state index in [1.807, 2.05) is 26.0 Å². The largest absolute Gasteiger partial charge is 0.341 e. The molecular weight excluding hydrogens is 374 g/mol. The highest BCUT2D eigenvalue weighted by Gasteiger charge is 2.27. The van der Waals surface area contributed by atoms with Crippen LogP contribution in [0.1, 0.15) is 20.8 Å². The van der Waals surface area contributed by atoms with E-state index >= 15 is 0 Å². The van der Waals surface area contributed by atoms with Crippen LogP contribution in [0.4, 0.5) is 5.69 Å². The fraction of sp³-hybridized carbons (Fsp3) is 0.471. The molecule has 2 atom stereocenters. The SMILES string of the molecule is CCSC(NC)OC(C)C(=O)N(CC)c1cn(-c2cccnc2)nc1Cl. The van der Waals surface area contributed by atoms with Crippen molar-refractivity contribution in [3.63, 3.8) is 0 Å². The Morgan fingerprint density at radius 1 is 1.50 bits per heavy atom. The second-order valence-electron chi connectivity index (χ2n) is 5.40. The summed E-state index contributed by atoms with van der Waals surface area (Å²) >= 11 is 7.88. The second kappa shape index (κ2) is 9.91. The number of nitrogens with one attached hydrogen (secondary N) is 1. The molecule has 0 fully saturated rings. The van der Waals surface area contributed by atoms with Gasteiger partial charge in [0, 0.05) is 12.7 Å². The molecule has 1 N–H and O–H groups in total. The van der Waals surface area contributed by atoms with E-state index in [1.54, 1.807) is 53.9 Å². The number of carbonyl (C=O) groups is 1. The summed E-state index contributed by atoms with van der Waals surface area (Å²) in [6, 6.07) is 3.68. The highest BCUT2D eigenvalue weighted by molar-refractivity contribution is 7.99. The number of likely N-dealkylation sites (N-methyl/N-ethyl adjacent to an activating group) is 1. The van der Waals surface area contributed by atoms with Crippen LogP contribution in [0.25, 0.3) is 5.69 Å². The lowest BCUT2D eigenvalue weighted by Crippen LogP contribution is -2.42. The molecule has 0 aliphatic rings. The lowest BCUT2D eigenvalue weighted by Gasteiger charge is -2.26. The van der Waals surface area contributed by atoms with Gasteiger partial charge < -0.3 is 9.64 Å². The molecule has 2 aromatic heterocycles. The van der Waals surface area contributed by atoms with Crippen molar-refractivity contribution in [1.82, 2.24) is 20.1 Å². The van der Waals surface area contributed by atoms with E-state index in [9.17, 15) is 4.79 Å². The molecule has 142 valence electrons. The fourth-order valence-electron chi connectivity index (χ4n) is 2.40. The summed E-state index contributed by atoms with van der Waals surface area (Å²) in [5.41, 5.74) is 1.07. The molecule has 0 bridgehead atoms. The van der Waals surface area contributed by atoms with Gasteiger partial charge >= 0.3 is 0 Å². The average Bonchev–Trinajstić information content (AvgIpc) is 3.04. The van der Waals surface area contributed by atoms with Crippen molar-refractivity contribution in [3.8, 4) is 5.69 Å². The molecule has 0 aliphatic heterocycles. The molecule has 0 radical (unpaired) electrons. The Hall–Kier alpha value is -1.61. The molecule has 7 nitrogen and oxygen atoms in total. The zero-order valence-corrected chi connectivity index (χ0v) is 16.9. The summed E-state index contributed by atoms with van der Waals surface area (Å²) in [4.78, 5) is 18.5. The summed E-state index contributed by atoms with van der Waals surface area (Å²) in [6.45, 7) is 6.12. The van der Waals surface area contributed by atoms with Crippen molar-refractivity contribution >= 4 is 35.0 Å². The van der Waals surface area contributed by atoms with Crippen LogP contribution in [0.2, 0.25) is 5.15 Å². The Morgan fingerprint density at radius 2 is 2.27 bits per heavy atom. The van der Waals surface area contributed by atoms with Gasteiger partial charge in [-0.3, -0.25) is 15.1 Å². The number of hydrogen-bond acceptors (Lipinski definition) is 6. The fourth-order valence-corrected chi connectivity index (χ4v) is 3.34. The number of nitrogens with zero attached hydrogens (tertiary/aromatic N) is 4. The first kappa shape index (κ1) is 20.7. The maximum absolute atomic E-state index is 12.9. The molecule has 2 aromatic rings. The van der Waals surface area contributed by atoms with Crippen LogP contribution < -0.4 is 10.2 Å². The van der Waals surface area contributed by atoms with Gasteiger partial charge in [-0.15, -0.1) is 11.8 Å². The minimum Gasteiger partial charge on any atom is -0.341 e. The van der Waals surface area contributed by atoms with Gasteiger partial charge in [0.25, 0.3) is 5.91 Å². The third-order valence-corrected chi connectivity index (χ3v) is 4.92.